The molecule has 3 heterocycles. The van der Waals surface area contributed by atoms with Gasteiger partial charge in [0.15, 0.2) is 11.5 Å². The molecule has 38 heavy (non-hydrogen) atoms. The lowest BCUT2D eigenvalue weighted by molar-refractivity contribution is -0.116. The zero-order valence-corrected chi connectivity index (χ0v) is 22.1. The summed E-state index contributed by atoms with van der Waals surface area (Å²) in [5.41, 5.74) is 1.27. The topological polar surface area (TPSA) is 106 Å². The number of piperidine rings is 2. The summed E-state index contributed by atoms with van der Waals surface area (Å²) in [5.74, 6) is 1.01. The van der Waals surface area contributed by atoms with Crippen LogP contribution in [-0.4, -0.2) is 91.0 Å². The SMILES string of the molecule is COCCOc1cc2ncnc(NC3=CC(=O)C(N4CCC(N5CCCCC5)CC4)=CC3=O)c2cc1OC. The molecule has 0 saturated carbocycles. The molecule has 1 N–H and O–H groups in total. The van der Waals surface area contributed by atoms with E-state index in [4.69, 9.17) is 14.2 Å². The van der Waals surface area contributed by atoms with Crippen molar-refractivity contribution in [1.29, 1.82) is 0 Å². The Morgan fingerprint density at radius 2 is 1.71 bits per heavy atom. The first-order valence-corrected chi connectivity index (χ1v) is 13.3. The van der Waals surface area contributed by atoms with Crippen LogP contribution in [0.1, 0.15) is 32.1 Å². The summed E-state index contributed by atoms with van der Waals surface area (Å²) >= 11 is 0. The minimum atomic E-state index is -0.254. The number of ketones is 2. The van der Waals surface area contributed by atoms with E-state index in [9.17, 15) is 9.59 Å². The van der Waals surface area contributed by atoms with Crippen LogP contribution in [0.2, 0.25) is 0 Å². The fourth-order valence-electron chi connectivity index (χ4n) is 5.45. The van der Waals surface area contributed by atoms with Crippen LogP contribution in [0.25, 0.3) is 10.9 Å². The van der Waals surface area contributed by atoms with E-state index in [1.54, 1.807) is 26.4 Å². The Bertz CT molecular complexity index is 1250. The van der Waals surface area contributed by atoms with E-state index in [-0.39, 0.29) is 17.3 Å². The first-order valence-electron chi connectivity index (χ1n) is 13.3. The summed E-state index contributed by atoms with van der Waals surface area (Å²) in [4.78, 5) is 39.5. The number of rotatable bonds is 9. The number of ether oxygens (including phenoxy) is 3. The van der Waals surface area contributed by atoms with Gasteiger partial charge in [-0.05, 0) is 44.8 Å². The predicted molar refractivity (Wildman–Crippen MR) is 143 cm³/mol. The van der Waals surface area contributed by atoms with Crippen molar-refractivity contribution in [2.24, 2.45) is 0 Å². The average molecular weight is 522 g/mol. The van der Waals surface area contributed by atoms with Crippen molar-refractivity contribution >= 4 is 28.3 Å². The third kappa shape index (κ3) is 5.66. The maximum absolute atomic E-state index is 13.1. The maximum atomic E-state index is 13.1. The van der Waals surface area contributed by atoms with Gasteiger partial charge in [-0.3, -0.25) is 9.59 Å². The van der Waals surface area contributed by atoms with Crippen molar-refractivity contribution in [3.63, 3.8) is 0 Å². The van der Waals surface area contributed by atoms with Crippen LogP contribution in [-0.2, 0) is 14.3 Å². The number of hydrogen-bond acceptors (Lipinski definition) is 10. The van der Waals surface area contributed by atoms with Gasteiger partial charge >= 0.3 is 0 Å². The highest BCUT2D eigenvalue weighted by atomic mass is 16.5. The van der Waals surface area contributed by atoms with Gasteiger partial charge in [-0.25, -0.2) is 9.97 Å². The molecular formula is C28H35N5O5. The number of anilines is 1. The number of methoxy groups -OCH3 is 2. The van der Waals surface area contributed by atoms with Crippen LogP contribution in [0.4, 0.5) is 5.82 Å². The lowest BCUT2D eigenvalue weighted by atomic mass is 9.97. The third-order valence-electron chi connectivity index (χ3n) is 7.49. The van der Waals surface area contributed by atoms with E-state index in [0.29, 0.717) is 53.2 Å². The molecule has 1 aliphatic carbocycles. The molecule has 3 aliphatic rings. The fourth-order valence-corrected chi connectivity index (χ4v) is 5.45. The Labute approximate surface area is 222 Å². The summed E-state index contributed by atoms with van der Waals surface area (Å²) in [6, 6.07) is 4.08. The number of hydrogen-bond donors (Lipinski definition) is 1. The number of nitrogens with zero attached hydrogens (tertiary/aromatic N) is 4. The molecule has 10 heteroatoms. The molecule has 0 spiro atoms. The summed E-state index contributed by atoms with van der Waals surface area (Å²) in [5, 5.41) is 3.69. The van der Waals surface area contributed by atoms with E-state index in [0.717, 1.165) is 25.9 Å². The first-order chi connectivity index (χ1) is 18.6. The van der Waals surface area contributed by atoms with Crippen molar-refractivity contribution in [3.05, 3.63) is 42.0 Å². The standard InChI is InChI=1S/C28H35N5O5/c1-36-12-13-38-27-16-21-20(14-26(27)37-2)28(30-18-29-21)31-22-15-25(35)23(17-24(22)34)33-10-6-19(7-11-33)32-8-4-3-5-9-32/h14-19H,3-13H2,1-2H3,(H,29,30,31). The summed E-state index contributed by atoms with van der Waals surface area (Å²) in [7, 11) is 3.16. The Hall–Kier alpha value is -3.50. The molecule has 0 amide bonds. The number of aromatic nitrogens is 2. The zero-order chi connectivity index (χ0) is 26.5. The quantitative estimate of drug-likeness (QED) is 0.391. The molecule has 0 unspecified atom stereocenters. The second-order valence-corrected chi connectivity index (χ2v) is 9.84. The van der Waals surface area contributed by atoms with Gasteiger partial charge in [0.1, 0.15) is 18.8 Å². The monoisotopic (exact) mass is 521 g/mol. The molecule has 1 aromatic carbocycles. The van der Waals surface area contributed by atoms with Gasteiger partial charge in [0.25, 0.3) is 0 Å². The highest BCUT2D eigenvalue weighted by Gasteiger charge is 2.30. The molecular weight excluding hydrogens is 486 g/mol. The average Bonchev–Trinajstić information content (AvgIpc) is 2.95. The van der Waals surface area contributed by atoms with Crippen molar-refractivity contribution in [2.45, 2.75) is 38.1 Å². The van der Waals surface area contributed by atoms with E-state index >= 15 is 0 Å². The first kappa shape index (κ1) is 26.1. The van der Waals surface area contributed by atoms with Gasteiger partial charge in [0, 0.05) is 49.8 Å². The molecule has 2 aromatic rings. The largest absolute Gasteiger partial charge is 0.493 e. The van der Waals surface area contributed by atoms with Crippen molar-refractivity contribution in [3.8, 4) is 11.5 Å². The van der Waals surface area contributed by atoms with E-state index in [1.807, 2.05) is 0 Å². The minimum Gasteiger partial charge on any atom is -0.493 e. The van der Waals surface area contributed by atoms with Gasteiger partial charge in [-0.1, -0.05) is 6.42 Å². The van der Waals surface area contributed by atoms with Crippen LogP contribution in [0.15, 0.2) is 42.0 Å². The van der Waals surface area contributed by atoms with Crippen LogP contribution in [0.5, 0.6) is 11.5 Å². The highest BCUT2D eigenvalue weighted by Crippen LogP contribution is 2.34. The van der Waals surface area contributed by atoms with Crippen LogP contribution in [0.3, 0.4) is 0 Å². The number of likely N-dealkylation sites (tertiary alicyclic amines) is 2. The van der Waals surface area contributed by atoms with Crippen molar-refractivity contribution in [1.82, 2.24) is 19.8 Å². The molecule has 2 aliphatic heterocycles. The molecule has 2 fully saturated rings. The van der Waals surface area contributed by atoms with Gasteiger partial charge in [0.2, 0.25) is 11.6 Å². The van der Waals surface area contributed by atoms with Crippen LogP contribution >= 0.6 is 0 Å². The minimum absolute atomic E-state index is 0.173. The lowest BCUT2D eigenvalue weighted by Gasteiger charge is -2.41. The Balaban J connectivity index is 1.28. The number of benzene rings is 1. The Kier molecular flexibility index (Phi) is 8.19. The summed E-state index contributed by atoms with van der Waals surface area (Å²) in [6.07, 6.45) is 10.1. The highest BCUT2D eigenvalue weighted by molar-refractivity contribution is 6.21. The van der Waals surface area contributed by atoms with Gasteiger partial charge in [0.05, 0.1) is 30.6 Å². The Morgan fingerprint density at radius 1 is 0.921 bits per heavy atom. The second kappa shape index (κ2) is 11.9. The summed E-state index contributed by atoms with van der Waals surface area (Å²) < 4.78 is 16.3. The van der Waals surface area contributed by atoms with Crippen molar-refractivity contribution < 1.29 is 23.8 Å². The lowest BCUT2D eigenvalue weighted by Crippen LogP contribution is -2.47. The fraction of sp³-hybridized carbons (Fsp3) is 0.500. The molecule has 0 bridgehead atoms. The molecule has 10 nitrogen and oxygen atoms in total. The van der Waals surface area contributed by atoms with Gasteiger partial charge < -0.3 is 29.3 Å². The van der Waals surface area contributed by atoms with Gasteiger partial charge in [-0.2, -0.15) is 0 Å². The molecule has 0 atom stereocenters. The predicted octanol–water partition coefficient (Wildman–Crippen LogP) is 2.95. The molecule has 0 radical (unpaired) electrons. The number of fused-ring (bicyclic) bond motifs is 1. The second-order valence-electron chi connectivity index (χ2n) is 9.84. The molecule has 5 rings (SSSR count). The molecule has 202 valence electrons. The van der Waals surface area contributed by atoms with E-state index in [1.165, 1.54) is 50.8 Å². The Morgan fingerprint density at radius 3 is 2.45 bits per heavy atom. The van der Waals surface area contributed by atoms with Crippen molar-refractivity contribution in [2.75, 3.05) is 58.9 Å². The summed E-state index contributed by atoms with van der Waals surface area (Å²) in [6.45, 7) is 4.72. The number of carbonyl (C=O) groups excluding carboxylic acids is 2. The van der Waals surface area contributed by atoms with Gasteiger partial charge in [-0.15, -0.1) is 0 Å². The number of carbonyl (C=O) groups is 2. The normalized spacial score (nSPS) is 19.4. The van der Waals surface area contributed by atoms with Crippen LogP contribution < -0.4 is 14.8 Å². The number of nitrogens with one attached hydrogen (secondary N) is 1. The molecule has 2 saturated heterocycles. The number of allylic oxidation sites excluding steroid dienone is 2. The van der Waals surface area contributed by atoms with E-state index < -0.39 is 0 Å². The molecule has 1 aromatic heterocycles. The van der Waals surface area contributed by atoms with E-state index in [2.05, 4.69) is 25.1 Å². The zero-order valence-electron chi connectivity index (χ0n) is 22.1. The maximum Gasteiger partial charge on any atom is 0.204 e. The smallest absolute Gasteiger partial charge is 0.204 e. The third-order valence-corrected chi connectivity index (χ3v) is 7.49. The van der Waals surface area contributed by atoms with Crippen LogP contribution in [0, 0.1) is 0 Å².